The van der Waals surface area contributed by atoms with Gasteiger partial charge in [0.15, 0.2) is 0 Å². The molecule has 0 aliphatic rings. The van der Waals surface area contributed by atoms with Crippen molar-refractivity contribution in [1.82, 2.24) is 5.32 Å². The first-order valence-electron chi connectivity index (χ1n) is 7.93. The summed E-state index contributed by atoms with van der Waals surface area (Å²) in [6.07, 6.45) is 1.24. The predicted octanol–water partition coefficient (Wildman–Crippen LogP) is 3.10. The fourth-order valence-corrected chi connectivity index (χ4v) is 2.26. The Morgan fingerprint density at radius 1 is 1.13 bits per heavy atom. The number of anilines is 1. The van der Waals surface area contributed by atoms with E-state index in [1.54, 1.807) is 12.1 Å². The summed E-state index contributed by atoms with van der Waals surface area (Å²) in [6.45, 7) is 3.28. The summed E-state index contributed by atoms with van der Waals surface area (Å²) < 4.78 is 5.78. The Morgan fingerprint density at radius 2 is 1.83 bits per heavy atom. The molecule has 1 atom stereocenters. The number of ether oxygens (including phenoxy) is 1. The molecule has 0 aliphatic heterocycles. The third-order valence-corrected chi connectivity index (χ3v) is 3.62. The van der Waals surface area contributed by atoms with Gasteiger partial charge in [-0.2, -0.15) is 0 Å². The molecule has 3 N–H and O–H groups in total. The van der Waals surface area contributed by atoms with E-state index in [1.165, 1.54) is 5.56 Å². The average Bonchev–Trinajstić information content (AvgIpc) is 2.57. The molecule has 0 saturated heterocycles. The summed E-state index contributed by atoms with van der Waals surface area (Å²) in [5, 5.41) is 2.91. The van der Waals surface area contributed by atoms with Crippen LogP contribution in [0.15, 0.2) is 54.6 Å². The van der Waals surface area contributed by atoms with Crippen molar-refractivity contribution in [3.05, 3.63) is 65.7 Å². The number of nitrogens with two attached hydrogens (primary N) is 1. The number of hydrogen-bond acceptors (Lipinski definition) is 3. The maximum absolute atomic E-state index is 11.8. The van der Waals surface area contributed by atoms with Gasteiger partial charge in [-0.05, 0) is 36.6 Å². The molecule has 0 aromatic heterocycles. The Bertz CT molecular complexity index is 597. The molecule has 23 heavy (non-hydrogen) atoms. The van der Waals surface area contributed by atoms with Crippen molar-refractivity contribution in [3.63, 3.8) is 0 Å². The van der Waals surface area contributed by atoms with Crippen LogP contribution in [0.5, 0.6) is 0 Å². The number of amides is 1. The van der Waals surface area contributed by atoms with Gasteiger partial charge in [0.05, 0.1) is 12.5 Å². The zero-order valence-electron chi connectivity index (χ0n) is 13.5. The fourth-order valence-electron chi connectivity index (χ4n) is 2.26. The molecular weight excluding hydrogens is 288 g/mol. The summed E-state index contributed by atoms with van der Waals surface area (Å²) >= 11 is 0. The van der Waals surface area contributed by atoms with Gasteiger partial charge in [-0.3, -0.25) is 4.79 Å². The van der Waals surface area contributed by atoms with E-state index in [0.29, 0.717) is 25.3 Å². The molecule has 2 aromatic rings. The third-order valence-electron chi connectivity index (χ3n) is 3.62. The summed E-state index contributed by atoms with van der Waals surface area (Å²) in [6, 6.07) is 17.5. The topological polar surface area (TPSA) is 64.3 Å². The number of nitrogens with one attached hydrogen (secondary N) is 1. The molecule has 4 heteroatoms. The number of carbonyl (C=O) groups is 1. The van der Waals surface area contributed by atoms with E-state index in [-0.39, 0.29) is 12.0 Å². The minimum absolute atomic E-state index is 0.0193. The van der Waals surface area contributed by atoms with Crippen LogP contribution >= 0.6 is 0 Å². The molecule has 0 fully saturated rings. The van der Waals surface area contributed by atoms with Crippen molar-refractivity contribution in [2.24, 2.45) is 0 Å². The molecule has 2 aromatic carbocycles. The fraction of sp³-hybridized carbons (Fsp3) is 0.316. The van der Waals surface area contributed by atoms with E-state index in [4.69, 9.17) is 10.5 Å². The molecule has 0 radical (unpaired) electrons. The molecule has 0 spiro atoms. The number of nitrogen functional groups attached to an aromatic ring is 1. The highest BCUT2D eigenvalue weighted by atomic mass is 16.5. The molecule has 2 rings (SSSR count). The quantitative estimate of drug-likeness (QED) is 0.581. The highest BCUT2D eigenvalue weighted by Gasteiger charge is 2.05. The highest BCUT2D eigenvalue weighted by molar-refractivity contribution is 5.78. The first-order valence-corrected chi connectivity index (χ1v) is 7.93. The van der Waals surface area contributed by atoms with Gasteiger partial charge in [-0.1, -0.05) is 42.5 Å². The summed E-state index contributed by atoms with van der Waals surface area (Å²) in [7, 11) is 0. The normalized spacial score (nSPS) is 11.9. The van der Waals surface area contributed by atoms with Crippen LogP contribution in [0.25, 0.3) is 0 Å². The number of carbonyl (C=O) groups excluding carboxylic acids is 1. The monoisotopic (exact) mass is 312 g/mol. The maximum atomic E-state index is 11.8. The molecular formula is C19H24N2O2. The van der Waals surface area contributed by atoms with E-state index in [9.17, 15) is 4.79 Å². The molecule has 0 aliphatic carbocycles. The van der Waals surface area contributed by atoms with Crippen LogP contribution in [-0.2, 0) is 16.0 Å². The van der Waals surface area contributed by atoms with Gasteiger partial charge in [0.1, 0.15) is 0 Å². The lowest BCUT2D eigenvalue weighted by atomic mass is 10.1. The van der Waals surface area contributed by atoms with E-state index in [0.717, 1.165) is 12.0 Å². The Kier molecular flexibility index (Phi) is 6.63. The van der Waals surface area contributed by atoms with Gasteiger partial charge in [0.2, 0.25) is 5.91 Å². The number of hydrogen-bond donors (Lipinski definition) is 2. The molecule has 4 nitrogen and oxygen atoms in total. The van der Waals surface area contributed by atoms with Crippen LogP contribution in [-0.4, -0.2) is 19.1 Å². The van der Waals surface area contributed by atoms with Crippen molar-refractivity contribution in [2.45, 2.75) is 25.9 Å². The number of rotatable bonds is 8. The van der Waals surface area contributed by atoms with Crippen molar-refractivity contribution in [3.8, 4) is 0 Å². The second-order valence-corrected chi connectivity index (χ2v) is 5.55. The Morgan fingerprint density at radius 3 is 2.52 bits per heavy atom. The molecule has 122 valence electrons. The van der Waals surface area contributed by atoms with E-state index in [1.807, 2.05) is 37.3 Å². The minimum Gasteiger partial charge on any atom is -0.399 e. The highest BCUT2D eigenvalue weighted by Crippen LogP contribution is 2.15. The maximum Gasteiger partial charge on any atom is 0.224 e. The summed E-state index contributed by atoms with van der Waals surface area (Å²) in [5.41, 5.74) is 8.46. The molecule has 0 bridgehead atoms. The van der Waals surface area contributed by atoms with Crippen LogP contribution in [0.4, 0.5) is 5.69 Å². The van der Waals surface area contributed by atoms with Gasteiger partial charge in [-0.15, -0.1) is 0 Å². The van der Waals surface area contributed by atoms with Crippen LogP contribution in [0.2, 0.25) is 0 Å². The van der Waals surface area contributed by atoms with E-state index < -0.39 is 0 Å². The van der Waals surface area contributed by atoms with Crippen LogP contribution in [0.3, 0.4) is 0 Å². The van der Waals surface area contributed by atoms with Crippen LogP contribution in [0, 0.1) is 0 Å². The lowest BCUT2D eigenvalue weighted by Crippen LogP contribution is -2.26. The third kappa shape index (κ3) is 6.12. The van der Waals surface area contributed by atoms with Crippen molar-refractivity contribution in [1.29, 1.82) is 0 Å². The van der Waals surface area contributed by atoms with Gasteiger partial charge in [0, 0.05) is 18.8 Å². The lowest BCUT2D eigenvalue weighted by Gasteiger charge is -2.13. The Balaban J connectivity index is 1.60. The van der Waals surface area contributed by atoms with E-state index in [2.05, 4.69) is 17.4 Å². The van der Waals surface area contributed by atoms with Gasteiger partial charge in [0.25, 0.3) is 0 Å². The lowest BCUT2D eigenvalue weighted by molar-refractivity contribution is -0.120. The molecule has 1 amide bonds. The van der Waals surface area contributed by atoms with Crippen molar-refractivity contribution in [2.75, 3.05) is 18.9 Å². The standard InChI is InChI=1S/C19H24N2O2/c1-15(17-6-3-2-4-7-17)23-13-5-12-21-19(22)14-16-8-10-18(20)11-9-16/h2-4,6-11,15H,5,12-14,20H2,1H3,(H,21,22). The van der Waals surface area contributed by atoms with Crippen molar-refractivity contribution < 1.29 is 9.53 Å². The van der Waals surface area contributed by atoms with Crippen molar-refractivity contribution >= 4 is 11.6 Å². The summed E-state index contributed by atoms with van der Waals surface area (Å²) in [5.74, 6) is 0.0193. The number of benzene rings is 2. The second kappa shape index (κ2) is 8.96. The largest absolute Gasteiger partial charge is 0.399 e. The smallest absolute Gasteiger partial charge is 0.224 e. The summed E-state index contributed by atoms with van der Waals surface area (Å²) in [4.78, 5) is 11.8. The van der Waals surface area contributed by atoms with E-state index >= 15 is 0 Å². The first-order chi connectivity index (χ1) is 11.1. The van der Waals surface area contributed by atoms with Crippen LogP contribution in [0.1, 0.15) is 30.6 Å². The SMILES string of the molecule is CC(OCCCNC(=O)Cc1ccc(N)cc1)c1ccccc1. The van der Waals surface area contributed by atoms with Gasteiger partial charge in [-0.25, -0.2) is 0 Å². The van der Waals surface area contributed by atoms with Crippen LogP contribution < -0.4 is 11.1 Å². The second-order valence-electron chi connectivity index (χ2n) is 5.55. The molecule has 0 saturated carbocycles. The molecule has 1 unspecified atom stereocenters. The van der Waals surface area contributed by atoms with Gasteiger partial charge >= 0.3 is 0 Å². The minimum atomic E-state index is 0.0193. The zero-order valence-corrected chi connectivity index (χ0v) is 13.5. The predicted molar refractivity (Wildman–Crippen MR) is 93.0 cm³/mol. The molecule has 0 heterocycles. The zero-order chi connectivity index (χ0) is 16.5. The average molecular weight is 312 g/mol. The Labute approximate surface area is 137 Å². The Hall–Kier alpha value is -2.33. The van der Waals surface area contributed by atoms with Gasteiger partial charge < -0.3 is 15.8 Å². The first kappa shape index (κ1) is 17.0.